The third-order valence-electron chi connectivity index (χ3n) is 3.20. The van der Waals surface area contributed by atoms with Crippen LogP contribution in [0.15, 0.2) is 0 Å². The molecule has 1 rings (SSSR count). The Kier molecular flexibility index (Phi) is 4.41. The first-order valence-corrected chi connectivity index (χ1v) is 7.84. The van der Waals surface area contributed by atoms with E-state index in [0.29, 0.717) is 12.3 Å². The van der Waals surface area contributed by atoms with E-state index < -0.39 is 14.6 Å². The number of hydrogen-bond donors (Lipinski definition) is 0. The molecular formula is C12H25NO2S. The van der Waals surface area contributed by atoms with E-state index in [0.717, 1.165) is 13.1 Å². The van der Waals surface area contributed by atoms with Gasteiger partial charge in [-0.25, -0.2) is 8.42 Å². The molecule has 0 aromatic carbocycles. The third-order valence-corrected chi connectivity index (χ3v) is 6.12. The molecule has 0 atom stereocenters. The maximum atomic E-state index is 12.2. The second-order valence-corrected chi connectivity index (χ2v) is 8.59. The van der Waals surface area contributed by atoms with Crippen molar-refractivity contribution in [1.29, 1.82) is 0 Å². The smallest absolute Gasteiger partial charge is 0.156 e. The quantitative estimate of drug-likeness (QED) is 0.745. The summed E-state index contributed by atoms with van der Waals surface area (Å²) >= 11 is 0. The minimum Gasteiger partial charge on any atom is -0.302 e. The Balaban J connectivity index is 2.67. The normalized spacial score (nSPS) is 19.6. The van der Waals surface area contributed by atoms with E-state index in [2.05, 4.69) is 4.90 Å². The molecule has 0 aromatic rings. The zero-order chi connectivity index (χ0) is 12.4. The maximum absolute atomic E-state index is 12.2. The summed E-state index contributed by atoms with van der Waals surface area (Å²) in [4.78, 5) is 2.28. The number of likely N-dealkylation sites (tertiary alicyclic amines) is 1. The van der Waals surface area contributed by atoms with Crippen molar-refractivity contribution in [3.63, 3.8) is 0 Å². The topological polar surface area (TPSA) is 37.4 Å². The van der Waals surface area contributed by atoms with Crippen molar-refractivity contribution in [3.8, 4) is 0 Å². The second kappa shape index (κ2) is 5.05. The molecule has 1 aliphatic heterocycles. The Morgan fingerprint density at radius 2 is 1.69 bits per heavy atom. The van der Waals surface area contributed by atoms with E-state index in [1.54, 1.807) is 0 Å². The highest BCUT2D eigenvalue weighted by Crippen LogP contribution is 2.23. The van der Waals surface area contributed by atoms with Gasteiger partial charge in [-0.2, -0.15) is 0 Å². The number of hydrogen-bond acceptors (Lipinski definition) is 3. The highest BCUT2D eigenvalue weighted by atomic mass is 32.2. The van der Waals surface area contributed by atoms with Crippen LogP contribution in [0.25, 0.3) is 0 Å². The van der Waals surface area contributed by atoms with Crippen LogP contribution in [0, 0.1) is 5.92 Å². The molecule has 3 nitrogen and oxygen atoms in total. The van der Waals surface area contributed by atoms with Crippen molar-refractivity contribution in [2.75, 3.05) is 25.4 Å². The summed E-state index contributed by atoms with van der Waals surface area (Å²) in [7, 11) is -2.99. The summed E-state index contributed by atoms with van der Waals surface area (Å²) in [5.74, 6) is 0.510. The molecule has 0 radical (unpaired) electrons. The SMILES string of the molecule is CC(C)CS(=O)(=O)C(C)(C)CN1CCCC1. The summed E-state index contributed by atoms with van der Waals surface area (Å²) in [5.41, 5.74) is 0. The van der Waals surface area contributed by atoms with E-state index in [1.807, 2.05) is 27.7 Å². The van der Waals surface area contributed by atoms with Gasteiger partial charge in [-0.15, -0.1) is 0 Å². The standard InChI is InChI=1S/C12H25NO2S/c1-11(2)9-16(14,15)12(3,4)10-13-7-5-6-8-13/h11H,5-10H2,1-4H3. The summed E-state index contributed by atoms with van der Waals surface area (Å²) in [6.07, 6.45) is 2.42. The van der Waals surface area contributed by atoms with E-state index in [4.69, 9.17) is 0 Å². The van der Waals surface area contributed by atoms with Gasteiger partial charge < -0.3 is 4.90 Å². The van der Waals surface area contributed by atoms with Gasteiger partial charge in [0.05, 0.1) is 10.5 Å². The molecule has 1 fully saturated rings. The van der Waals surface area contributed by atoms with Crippen LogP contribution in [-0.4, -0.2) is 43.5 Å². The highest BCUT2D eigenvalue weighted by Gasteiger charge is 2.36. The minimum absolute atomic E-state index is 0.211. The third kappa shape index (κ3) is 3.45. The maximum Gasteiger partial charge on any atom is 0.156 e. The van der Waals surface area contributed by atoms with Crippen LogP contribution >= 0.6 is 0 Å². The molecule has 1 aliphatic rings. The molecule has 0 aromatic heterocycles. The summed E-state index contributed by atoms with van der Waals surface area (Å²) in [5, 5.41) is 0. The summed E-state index contributed by atoms with van der Waals surface area (Å²) < 4.78 is 23.8. The Bertz CT molecular complexity index is 314. The van der Waals surface area contributed by atoms with Gasteiger partial charge in [0.15, 0.2) is 9.84 Å². The Labute approximate surface area is 100 Å². The predicted octanol–water partition coefficient (Wildman–Crippen LogP) is 1.93. The van der Waals surface area contributed by atoms with Crippen LogP contribution in [0.5, 0.6) is 0 Å². The molecule has 0 bridgehead atoms. The molecular weight excluding hydrogens is 222 g/mol. The molecule has 1 heterocycles. The van der Waals surface area contributed by atoms with E-state index >= 15 is 0 Å². The van der Waals surface area contributed by atoms with E-state index in [1.165, 1.54) is 12.8 Å². The van der Waals surface area contributed by atoms with Gasteiger partial charge in [0.25, 0.3) is 0 Å². The summed E-state index contributed by atoms with van der Waals surface area (Å²) in [6.45, 7) is 10.4. The van der Waals surface area contributed by atoms with Gasteiger partial charge in [0.2, 0.25) is 0 Å². The minimum atomic E-state index is -2.99. The Morgan fingerprint density at radius 1 is 1.19 bits per heavy atom. The van der Waals surface area contributed by atoms with Gasteiger partial charge in [0.1, 0.15) is 0 Å². The Hall–Kier alpha value is -0.0900. The van der Waals surface area contributed by atoms with Crippen molar-refractivity contribution < 1.29 is 8.42 Å². The van der Waals surface area contributed by atoms with Crippen molar-refractivity contribution >= 4 is 9.84 Å². The van der Waals surface area contributed by atoms with Gasteiger partial charge in [0, 0.05) is 6.54 Å². The molecule has 96 valence electrons. The van der Waals surface area contributed by atoms with Gasteiger partial charge in [-0.3, -0.25) is 0 Å². The first-order valence-electron chi connectivity index (χ1n) is 6.19. The lowest BCUT2D eigenvalue weighted by atomic mass is 10.2. The second-order valence-electron chi connectivity index (χ2n) is 5.92. The molecule has 4 heteroatoms. The molecule has 0 amide bonds. The zero-order valence-electron chi connectivity index (χ0n) is 11.0. The molecule has 16 heavy (non-hydrogen) atoms. The van der Waals surface area contributed by atoms with Crippen LogP contribution in [0.3, 0.4) is 0 Å². The van der Waals surface area contributed by atoms with Gasteiger partial charge in [-0.1, -0.05) is 13.8 Å². The lowest BCUT2D eigenvalue weighted by molar-refractivity contribution is 0.305. The van der Waals surface area contributed by atoms with Crippen molar-refractivity contribution in [3.05, 3.63) is 0 Å². The lowest BCUT2D eigenvalue weighted by Gasteiger charge is -2.30. The first kappa shape index (κ1) is 14.0. The van der Waals surface area contributed by atoms with Crippen LogP contribution in [0.1, 0.15) is 40.5 Å². The molecule has 0 saturated carbocycles. The zero-order valence-corrected chi connectivity index (χ0v) is 11.8. The van der Waals surface area contributed by atoms with Crippen LogP contribution in [-0.2, 0) is 9.84 Å². The molecule has 0 spiro atoms. The van der Waals surface area contributed by atoms with Crippen molar-refractivity contribution in [2.45, 2.75) is 45.3 Å². The van der Waals surface area contributed by atoms with Gasteiger partial charge >= 0.3 is 0 Å². The number of nitrogens with zero attached hydrogens (tertiary/aromatic N) is 1. The Morgan fingerprint density at radius 3 is 2.12 bits per heavy atom. The fourth-order valence-electron chi connectivity index (χ4n) is 2.24. The largest absolute Gasteiger partial charge is 0.302 e. The van der Waals surface area contributed by atoms with Crippen LogP contribution < -0.4 is 0 Å². The monoisotopic (exact) mass is 247 g/mol. The van der Waals surface area contributed by atoms with Crippen LogP contribution in [0.2, 0.25) is 0 Å². The predicted molar refractivity (Wildman–Crippen MR) is 68.4 cm³/mol. The fourth-order valence-corrected chi connectivity index (χ4v) is 3.95. The average molecular weight is 247 g/mol. The van der Waals surface area contributed by atoms with Crippen molar-refractivity contribution in [1.82, 2.24) is 4.90 Å². The lowest BCUT2D eigenvalue weighted by Crippen LogP contribution is -2.45. The number of rotatable bonds is 5. The van der Waals surface area contributed by atoms with Gasteiger partial charge in [-0.05, 0) is 45.7 Å². The average Bonchev–Trinajstić information content (AvgIpc) is 2.52. The summed E-state index contributed by atoms with van der Waals surface area (Å²) in [6, 6.07) is 0. The van der Waals surface area contributed by atoms with Crippen molar-refractivity contribution in [2.24, 2.45) is 5.92 Å². The molecule has 0 aliphatic carbocycles. The highest BCUT2D eigenvalue weighted by molar-refractivity contribution is 7.92. The number of sulfone groups is 1. The molecule has 0 unspecified atom stereocenters. The van der Waals surface area contributed by atoms with Crippen LogP contribution in [0.4, 0.5) is 0 Å². The first-order chi connectivity index (χ1) is 7.24. The molecule has 0 N–H and O–H groups in total. The van der Waals surface area contributed by atoms with E-state index in [-0.39, 0.29) is 5.92 Å². The molecule has 1 saturated heterocycles. The fraction of sp³-hybridized carbons (Fsp3) is 1.00. The van der Waals surface area contributed by atoms with E-state index in [9.17, 15) is 8.42 Å².